The third-order valence-corrected chi connectivity index (χ3v) is 5.80. The molecule has 0 unspecified atom stereocenters. The first-order chi connectivity index (χ1) is 13.1. The topological polar surface area (TPSA) is 93.4 Å². The number of amides is 2. The molecule has 2 aromatic rings. The number of carbonyl (C=O) groups is 2. The van der Waals surface area contributed by atoms with Gasteiger partial charge in [0.25, 0.3) is 5.91 Å². The van der Waals surface area contributed by atoms with E-state index in [1.165, 1.54) is 0 Å². The second-order valence-corrected chi connectivity index (χ2v) is 7.22. The van der Waals surface area contributed by atoms with E-state index in [-0.39, 0.29) is 5.91 Å². The maximum atomic E-state index is 13.3. The molecule has 1 heterocycles. The molecule has 1 aliphatic carbocycles. The van der Waals surface area contributed by atoms with Crippen LogP contribution in [0.5, 0.6) is 0 Å². The number of fused-ring (bicyclic) bond motifs is 1. The smallest absolute Gasteiger partial charge is 0.274 e. The molecule has 136 valence electrons. The van der Waals surface area contributed by atoms with Crippen molar-refractivity contribution in [2.24, 2.45) is 5.41 Å². The van der Waals surface area contributed by atoms with Crippen LogP contribution in [0, 0.1) is 16.7 Å². The zero-order valence-corrected chi connectivity index (χ0v) is 14.7. The molecule has 6 nitrogen and oxygen atoms in total. The lowest BCUT2D eigenvalue weighted by atomic mass is 9.70. The van der Waals surface area contributed by atoms with Gasteiger partial charge in [-0.05, 0) is 61.1 Å². The highest BCUT2D eigenvalue weighted by molar-refractivity contribution is 6.01. The predicted molar refractivity (Wildman–Crippen MR) is 98.3 cm³/mol. The quantitative estimate of drug-likeness (QED) is 0.635. The van der Waals surface area contributed by atoms with Crippen molar-refractivity contribution in [1.29, 1.82) is 5.26 Å². The van der Waals surface area contributed by atoms with Gasteiger partial charge < -0.3 is 4.90 Å². The summed E-state index contributed by atoms with van der Waals surface area (Å²) in [4.78, 5) is 26.7. The van der Waals surface area contributed by atoms with Crippen LogP contribution >= 0.6 is 0 Å². The van der Waals surface area contributed by atoms with E-state index in [1.54, 1.807) is 34.6 Å². The number of hydrogen-bond acceptors (Lipinski definition) is 4. The van der Waals surface area contributed by atoms with Crippen LogP contribution in [0.2, 0.25) is 0 Å². The Labute approximate surface area is 157 Å². The summed E-state index contributed by atoms with van der Waals surface area (Å²) in [7, 11) is 0. The lowest BCUT2D eigenvalue weighted by Gasteiger charge is -2.33. The molecule has 1 fully saturated rings. The fourth-order valence-corrected chi connectivity index (χ4v) is 4.31. The van der Waals surface area contributed by atoms with Gasteiger partial charge >= 0.3 is 0 Å². The Bertz CT molecular complexity index is 979. The Balaban J connectivity index is 1.62. The van der Waals surface area contributed by atoms with Crippen LogP contribution < -0.4 is 10.4 Å². The number of rotatable bonds is 2. The highest BCUT2D eigenvalue weighted by Crippen LogP contribution is 2.45. The second-order valence-electron chi connectivity index (χ2n) is 7.22. The molecular weight excluding hydrogens is 342 g/mol. The first kappa shape index (κ1) is 17.3. The number of hydroxylamine groups is 1. The van der Waals surface area contributed by atoms with E-state index in [9.17, 15) is 14.9 Å². The van der Waals surface area contributed by atoms with E-state index < -0.39 is 11.3 Å². The molecule has 1 atom stereocenters. The summed E-state index contributed by atoms with van der Waals surface area (Å²) in [6.07, 6.45) is 2.81. The average Bonchev–Trinajstić information content (AvgIpc) is 3.02. The maximum absolute atomic E-state index is 13.3. The summed E-state index contributed by atoms with van der Waals surface area (Å²) in [6.45, 7) is 0.609. The standard InChI is InChI=1S/C21H19N3O3/c22-13-17-3-1-2-4-18(17)24-10-9-21(20(24)26)8-7-14-11-15(19(25)23-27)5-6-16(14)12-21/h1-6,11,27H,7-10,12H2,(H,23,25)/t21-/m0/s1. The van der Waals surface area contributed by atoms with Gasteiger partial charge in [0.1, 0.15) is 6.07 Å². The summed E-state index contributed by atoms with van der Waals surface area (Å²) in [6, 6.07) is 14.7. The summed E-state index contributed by atoms with van der Waals surface area (Å²) >= 11 is 0. The molecule has 0 radical (unpaired) electrons. The highest BCUT2D eigenvalue weighted by Gasteiger charge is 2.48. The Hall–Kier alpha value is -3.17. The molecule has 0 bridgehead atoms. The highest BCUT2D eigenvalue weighted by atomic mass is 16.5. The Kier molecular flexibility index (Phi) is 4.17. The molecule has 2 amide bonds. The second kappa shape index (κ2) is 6.53. The number of carbonyl (C=O) groups excluding carboxylic acids is 2. The molecule has 2 aliphatic rings. The minimum absolute atomic E-state index is 0.0769. The Morgan fingerprint density at radius 1 is 1.19 bits per heavy atom. The summed E-state index contributed by atoms with van der Waals surface area (Å²) < 4.78 is 0. The van der Waals surface area contributed by atoms with E-state index in [2.05, 4.69) is 6.07 Å². The van der Waals surface area contributed by atoms with Crippen LogP contribution in [-0.4, -0.2) is 23.6 Å². The van der Waals surface area contributed by atoms with Crippen LogP contribution in [0.3, 0.4) is 0 Å². The van der Waals surface area contributed by atoms with Crippen LogP contribution in [0.1, 0.15) is 39.9 Å². The van der Waals surface area contributed by atoms with Gasteiger partial charge in [-0.15, -0.1) is 0 Å². The molecule has 27 heavy (non-hydrogen) atoms. The van der Waals surface area contributed by atoms with Gasteiger partial charge in [-0.25, -0.2) is 5.48 Å². The molecule has 2 N–H and O–H groups in total. The molecule has 2 aromatic carbocycles. The third kappa shape index (κ3) is 2.77. The van der Waals surface area contributed by atoms with Crippen molar-refractivity contribution in [3.63, 3.8) is 0 Å². The van der Waals surface area contributed by atoms with Crippen molar-refractivity contribution in [2.45, 2.75) is 25.7 Å². The van der Waals surface area contributed by atoms with Gasteiger partial charge in [-0.3, -0.25) is 14.8 Å². The minimum Gasteiger partial charge on any atom is -0.311 e. The number of nitriles is 1. The minimum atomic E-state index is -0.533. The molecule has 0 aromatic heterocycles. The number of anilines is 1. The van der Waals surface area contributed by atoms with Crippen LogP contribution in [0.15, 0.2) is 42.5 Å². The van der Waals surface area contributed by atoms with E-state index in [4.69, 9.17) is 5.21 Å². The molecule has 1 saturated heterocycles. The van der Waals surface area contributed by atoms with Gasteiger partial charge in [0.15, 0.2) is 0 Å². The first-order valence-electron chi connectivity index (χ1n) is 8.95. The van der Waals surface area contributed by atoms with E-state index in [0.29, 0.717) is 42.6 Å². The molecule has 1 aliphatic heterocycles. The number of para-hydroxylation sites is 1. The number of hydrogen-bond donors (Lipinski definition) is 2. The number of nitrogens with zero attached hydrogens (tertiary/aromatic N) is 2. The monoisotopic (exact) mass is 361 g/mol. The SMILES string of the molecule is N#Cc1ccccc1N1CC[C@]2(CCc3cc(C(=O)NO)ccc3C2)C1=O. The molecule has 0 saturated carbocycles. The van der Waals surface area contributed by atoms with E-state index in [0.717, 1.165) is 17.5 Å². The summed E-state index contributed by atoms with van der Waals surface area (Å²) in [5.74, 6) is -0.456. The van der Waals surface area contributed by atoms with Crippen molar-refractivity contribution in [1.82, 2.24) is 5.48 Å². The van der Waals surface area contributed by atoms with E-state index in [1.807, 2.05) is 18.2 Å². The van der Waals surface area contributed by atoms with Crippen LogP contribution in [0.4, 0.5) is 5.69 Å². The lowest BCUT2D eigenvalue weighted by molar-refractivity contribution is -0.126. The zero-order chi connectivity index (χ0) is 19.0. The normalized spacial score (nSPS) is 21.0. The zero-order valence-electron chi connectivity index (χ0n) is 14.7. The number of aryl methyl sites for hydroxylation is 1. The lowest BCUT2D eigenvalue weighted by Crippen LogP contribution is -2.39. The fourth-order valence-electron chi connectivity index (χ4n) is 4.31. The number of benzene rings is 2. The molecule has 1 spiro atoms. The van der Waals surface area contributed by atoms with Crippen molar-refractivity contribution >= 4 is 17.5 Å². The molecule has 6 heteroatoms. The van der Waals surface area contributed by atoms with Crippen LogP contribution in [0.25, 0.3) is 0 Å². The predicted octanol–water partition coefficient (Wildman–Crippen LogP) is 2.59. The Morgan fingerprint density at radius 3 is 2.78 bits per heavy atom. The van der Waals surface area contributed by atoms with Crippen molar-refractivity contribution in [3.8, 4) is 6.07 Å². The molecular formula is C21H19N3O3. The van der Waals surface area contributed by atoms with Gasteiger partial charge in [0.05, 0.1) is 16.7 Å². The van der Waals surface area contributed by atoms with Gasteiger partial charge in [0, 0.05) is 12.1 Å². The maximum Gasteiger partial charge on any atom is 0.274 e. The first-order valence-corrected chi connectivity index (χ1v) is 8.95. The van der Waals surface area contributed by atoms with Crippen molar-refractivity contribution < 1.29 is 14.8 Å². The Morgan fingerprint density at radius 2 is 2.00 bits per heavy atom. The van der Waals surface area contributed by atoms with Gasteiger partial charge in [0.2, 0.25) is 5.91 Å². The number of nitrogens with one attached hydrogen (secondary N) is 1. The van der Waals surface area contributed by atoms with Crippen molar-refractivity contribution in [2.75, 3.05) is 11.4 Å². The largest absolute Gasteiger partial charge is 0.311 e. The van der Waals surface area contributed by atoms with Crippen LogP contribution in [-0.2, 0) is 17.6 Å². The summed E-state index contributed by atoms with van der Waals surface area (Å²) in [5.41, 5.74) is 4.93. The van der Waals surface area contributed by atoms with Crippen molar-refractivity contribution in [3.05, 3.63) is 64.7 Å². The average molecular weight is 361 g/mol. The third-order valence-electron chi connectivity index (χ3n) is 5.80. The van der Waals surface area contributed by atoms with Gasteiger partial charge in [-0.2, -0.15) is 5.26 Å². The fraction of sp³-hybridized carbons (Fsp3) is 0.286. The van der Waals surface area contributed by atoms with Gasteiger partial charge in [-0.1, -0.05) is 18.2 Å². The van der Waals surface area contributed by atoms with E-state index >= 15 is 0 Å². The molecule has 4 rings (SSSR count). The summed E-state index contributed by atoms with van der Waals surface area (Å²) in [5, 5.41) is 18.2.